The van der Waals surface area contributed by atoms with Gasteiger partial charge < -0.3 is 19.9 Å². The van der Waals surface area contributed by atoms with Crippen LogP contribution in [-0.4, -0.2) is 28.8 Å². The first-order valence-electron chi connectivity index (χ1n) is 8.81. The Bertz CT molecular complexity index is 817. The molecule has 0 saturated carbocycles. The first-order chi connectivity index (χ1) is 13.1. The molecule has 2 aromatic rings. The van der Waals surface area contributed by atoms with Crippen LogP contribution in [-0.2, 0) is 27.3 Å². The summed E-state index contributed by atoms with van der Waals surface area (Å²) in [5.41, 5.74) is 0.940. The number of esters is 1. The molecule has 0 aliphatic carbocycles. The standard InChI is InChI=1S/C21H24INO5/c1-21(2,3)28-19(25)17(12-15-9-10-18(24)16(22)11-15)23-20(26)27-13-14-7-5-4-6-8-14/h4-11,17,24H,12-13H2,1-3H3,(H,23,26). The normalized spacial score (nSPS) is 12.1. The van der Waals surface area contributed by atoms with Gasteiger partial charge in [0.05, 0.1) is 3.57 Å². The van der Waals surface area contributed by atoms with Crippen LogP contribution in [0.15, 0.2) is 48.5 Å². The molecular weight excluding hydrogens is 473 g/mol. The Morgan fingerprint density at radius 1 is 1.11 bits per heavy atom. The zero-order chi connectivity index (χ0) is 20.7. The molecule has 2 N–H and O–H groups in total. The van der Waals surface area contributed by atoms with E-state index in [0.29, 0.717) is 3.57 Å². The summed E-state index contributed by atoms with van der Waals surface area (Å²) in [6.07, 6.45) is -0.487. The van der Waals surface area contributed by atoms with E-state index in [-0.39, 0.29) is 18.8 Å². The van der Waals surface area contributed by atoms with E-state index in [2.05, 4.69) is 5.32 Å². The fourth-order valence-corrected chi connectivity index (χ4v) is 2.97. The Morgan fingerprint density at radius 2 is 1.79 bits per heavy atom. The number of ether oxygens (including phenoxy) is 2. The quantitative estimate of drug-likeness (QED) is 0.462. The molecule has 0 fully saturated rings. The van der Waals surface area contributed by atoms with Gasteiger partial charge in [0, 0.05) is 6.42 Å². The van der Waals surface area contributed by atoms with Crippen LogP contribution < -0.4 is 5.32 Å². The zero-order valence-electron chi connectivity index (χ0n) is 16.1. The Labute approximate surface area is 178 Å². The Hall–Kier alpha value is -2.29. The van der Waals surface area contributed by atoms with Crippen molar-refractivity contribution in [2.75, 3.05) is 0 Å². The summed E-state index contributed by atoms with van der Waals surface area (Å²) in [4.78, 5) is 24.8. The monoisotopic (exact) mass is 497 g/mol. The van der Waals surface area contributed by atoms with Crippen molar-refractivity contribution in [2.45, 2.75) is 45.4 Å². The summed E-state index contributed by atoms with van der Waals surface area (Å²) in [5.74, 6) is -0.388. The van der Waals surface area contributed by atoms with E-state index in [1.54, 1.807) is 39.0 Å². The minimum atomic E-state index is -0.914. The largest absolute Gasteiger partial charge is 0.507 e. The molecule has 150 valence electrons. The minimum Gasteiger partial charge on any atom is -0.507 e. The van der Waals surface area contributed by atoms with Crippen LogP contribution in [0.4, 0.5) is 4.79 Å². The van der Waals surface area contributed by atoms with E-state index in [0.717, 1.165) is 11.1 Å². The molecule has 7 heteroatoms. The van der Waals surface area contributed by atoms with E-state index in [1.807, 2.05) is 52.9 Å². The summed E-state index contributed by atoms with van der Waals surface area (Å²) in [5, 5.41) is 12.3. The number of carbonyl (C=O) groups is 2. The average Bonchev–Trinajstić information content (AvgIpc) is 2.62. The maximum absolute atomic E-state index is 12.6. The third kappa shape index (κ3) is 7.38. The minimum absolute atomic E-state index is 0.102. The lowest BCUT2D eigenvalue weighted by molar-refractivity contribution is -0.157. The zero-order valence-corrected chi connectivity index (χ0v) is 18.2. The highest BCUT2D eigenvalue weighted by atomic mass is 127. The van der Waals surface area contributed by atoms with Gasteiger partial charge in [-0.25, -0.2) is 9.59 Å². The van der Waals surface area contributed by atoms with Gasteiger partial charge in [0.25, 0.3) is 0 Å². The number of phenolic OH excluding ortho intramolecular Hbond substituents is 1. The summed E-state index contributed by atoms with van der Waals surface area (Å²) in [6, 6.07) is 13.4. The fraction of sp³-hybridized carbons (Fsp3) is 0.333. The molecule has 1 atom stereocenters. The van der Waals surface area contributed by atoms with Gasteiger partial charge in [-0.1, -0.05) is 36.4 Å². The predicted molar refractivity (Wildman–Crippen MR) is 114 cm³/mol. The summed E-state index contributed by atoms with van der Waals surface area (Å²) >= 11 is 2.00. The Morgan fingerprint density at radius 3 is 2.39 bits per heavy atom. The number of phenols is 1. The number of aromatic hydroxyl groups is 1. The van der Waals surface area contributed by atoms with Crippen LogP contribution in [0, 0.1) is 3.57 Å². The molecule has 2 rings (SSSR count). The van der Waals surface area contributed by atoms with Gasteiger partial charge in [0.1, 0.15) is 24.0 Å². The number of rotatable bonds is 6. The van der Waals surface area contributed by atoms with Crippen LogP contribution in [0.3, 0.4) is 0 Å². The lowest BCUT2D eigenvalue weighted by Gasteiger charge is -2.24. The maximum Gasteiger partial charge on any atom is 0.408 e. The van der Waals surface area contributed by atoms with E-state index in [9.17, 15) is 14.7 Å². The predicted octanol–water partition coefficient (Wildman–Crippen LogP) is 4.18. The molecule has 0 bridgehead atoms. The SMILES string of the molecule is CC(C)(C)OC(=O)C(Cc1ccc(O)c(I)c1)NC(=O)OCc1ccccc1. The summed E-state index contributed by atoms with van der Waals surface area (Å²) < 4.78 is 11.3. The maximum atomic E-state index is 12.6. The number of amides is 1. The third-order valence-electron chi connectivity index (χ3n) is 3.65. The van der Waals surface area contributed by atoms with Crippen molar-refractivity contribution >= 4 is 34.7 Å². The summed E-state index contributed by atoms with van der Waals surface area (Å²) in [6.45, 7) is 5.39. The first-order valence-corrected chi connectivity index (χ1v) is 9.89. The van der Waals surface area contributed by atoms with Crippen molar-refractivity contribution in [3.8, 4) is 5.75 Å². The van der Waals surface area contributed by atoms with Crippen molar-refractivity contribution in [1.82, 2.24) is 5.32 Å². The number of carbonyl (C=O) groups excluding carboxylic acids is 2. The lowest BCUT2D eigenvalue weighted by atomic mass is 10.1. The average molecular weight is 497 g/mol. The number of benzene rings is 2. The first kappa shape index (κ1) is 22.0. The van der Waals surface area contributed by atoms with Crippen LogP contribution in [0.5, 0.6) is 5.75 Å². The van der Waals surface area contributed by atoms with Gasteiger partial charge in [-0.3, -0.25) is 0 Å². The molecule has 1 amide bonds. The molecule has 1 unspecified atom stereocenters. The number of nitrogens with one attached hydrogen (secondary N) is 1. The second kappa shape index (κ2) is 9.77. The molecule has 0 radical (unpaired) electrons. The van der Waals surface area contributed by atoms with Crippen molar-refractivity contribution in [1.29, 1.82) is 0 Å². The van der Waals surface area contributed by atoms with Crippen LogP contribution in [0.2, 0.25) is 0 Å². The number of alkyl carbamates (subject to hydrolysis) is 1. The van der Waals surface area contributed by atoms with Crippen molar-refractivity contribution < 1.29 is 24.2 Å². The lowest BCUT2D eigenvalue weighted by Crippen LogP contribution is -2.45. The topological polar surface area (TPSA) is 84.9 Å². The number of hydrogen-bond donors (Lipinski definition) is 2. The van der Waals surface area contributed by atoms with Gasteiger partial charge in [-0.2, -0.15) is 0 Å². The van der Waals surface area contributed by atoms with Crippen LogP contribution in [0.1, 0.15) is 31.9 Å². The smallest absolute Gasteiger partial charge is 0.408 e. The van der Waals surface area contributed by atoms with Crippen molar-refractivity contribution in [3.05, 3.63) is 63.2 Å². The van der Waals surface area contributed by atoms with Crippen molar-refractivity contribution in [2.24, 2.45) is 0 Å². The van der Waals surface area contributed by atoms with Gasteiger partial charge in [-0.05, 0) is 66.6 Å². The number of hydrogen-bond acceptors (Lipinski definition) is 5. The molecule has 0 aliphatic heterocycles. The molecule has 2 aromatic carbocycles. The van der Waals surface area contributed by atoms with E-state index in [4.69, 9.17) is 9.47 Å². The molecule has 0 aromatic heterocycles. The Balaban J connectivity index is 2.07. The van der Waals surface area contributed by atoms with Gasteiger partial charge in [-0.15, -0.1) is 0 Å². The van der Waals surface area contributed by atoms with Crippen LogP contribution >= 0.6 is 22.6 Å². The second-order valence-electron chi connectivity index (χ2n) is 7.28. The highest BCUT2D eigenvalue weighted by Gasteiger charge is 2.27. The molecule has 6 nitrogen and oxygen atoms in total. The summed E-state index contributed by atoms with van der Waals surface area (Å²) in [7, 11) is 0. The molecule has 28 heavy (non-hydrogen) atoms. The van der Waals surface area contributed by atoms with E-state index < -0.39 is 23.7 Å². The van der Waals surface area contributed by atoms with Gasteiger partial charge in [0.15, 0.2) is 0 Å². The van der Waals surface area contributed by atoms with Crippen molar-refractivity contribution in [3.63, 3.8) is 0 Å². The van der Waals surface area contributed by atoms with Gasteiger partial charge >= 0.3 is 12.1 Å². The molecule has 0 saturated heterocycles. The highest BCUT2D eigenvalue weighted by molar-refractivity contribution is 14.1. The van der Waals surface area contributed by atoms with Gasteiger partial charge in [0.2, 0.25) is 0 Å². The molecule has 0 spiro atoms. The second-order valence-corrected chi connectivity index (χ2v) is 8.44. The van der Waals surface area contributed by atoms with Crippen LogP contribution in [0.25, 0.3) is 0 Å². The Kier molecular flexibility index (Phi) is 7.68. The van der Waals surface area contributed by atoms with E-state index in [1.165, 1.54) is 0 Å². The molecule has 0 heterocycles. The third-order valence-corrected chi connectivity index (χ3v) is 4.51. The number of halogens is 1. The molecular formula is C21H24INO5. The highest BCUT2D eigenvalue weighted by Crippen LogP contribution is 2.21. The molecule has 0 aliphatic rings. The fourth-order valence-electron chi connectivity index (χ4n) is 2.39. The van der Waals surface area contributed by atoms with E-state index >= 15 is 0 Å².